The Balaban J connectivity index is 3.39. The molecule has 0 aliphatic heterocycles. The Morgan fingerprint density at radius 2 is 1.77 bits per heavy atom. The summed E-state index contributed by atoms with van der Waals surface area (Å²) >= 11 is 0. The Morgan fingerprint density at radius 1 is 1.08 bits per heavy atom. The summed E-state index contributed by atoms with van der Waals surface area (Å²) in [5.74, 6) is 0.485. The Morgan fingerprint density at radius 3 is 2.31 bits per heavy atom. The molecule has 0 aromatic rings. The van der Waals surface area contributed by atoms with E-state index < -0.39 is 0 Å². The molecule has 0 saturated carbocycles. The van der Waals surface area contributed by atoms with E-state index in [-0.39, 0.29) is 0 Å². The van der Waals surface area contributed by atoms with Crippen molar-refractivity contribution in [3.8, 4) is 0 Å². The number of amidine groups is 1. The van der Waals surface area contributed by atoms with Crippen LogP contribution in [0.25, 0.3) is 0 Å². The van der Waals surface area contributed by atoms with Gasteiger partial charge in [0.05, 0.1) is 0 Å². The van der Waals surface area contributed by atoms with Crippen molar-refractivity contribution in [3.63, 3.8) is 0 Å². The molecule has 0 saturated heterocycles. The third kappa shape index (κ3) is 7.62. The maximum Gasteiger partial charge on any atom is 0.168 e. The van der Waals surface area contributed by atoms with Crippen LogP contribution in [0.15, 0.2) is 10.2 Å². The van der Waals surface area contributed by atoms with E-state index in [1.807, 2.05) is 6.92 Å². The zero-order valence-electron chi connectivity index (χ0n) is 8.75. The molecular weight excluding hydrogens is 164 g/mol. The Bertz CT molecular complexity index is 155. The molecule has 76 valence electrons. The van der Waals surface area contributed by atoms with Gasteiger partial charge in [-0.25, -0.2) is 0 Å². The second-order valence-corrected chi connectivity index (χ2v) is 3.15. The third-order valence-corrected chi connectivity index (χ3v) is 1.95. The summed E-state index contributed by atoms with van der Waals surface area (Å²) < 4.78 is 0. The number of aliphatic imine (C=N–C) groups is 1. The fraction of sp³-hybridized carbons (Fsp3) is 0.900. The van der Waals surface area contributed by atoms with Crippen LogP contribution in [-0.4, -0.2) is 12.4 Å². The second kappa shape index (κ2) is 9.36. The first kappa shape index (κ1) is 12.3. The summed E-state index contributed by atoms with van der Waals surface area (Å²) in [6.45, 7) is 4.77. The molecule has 3 nitrogen and oxygen atoms in total. The molecule has 0 aromatic heterocycles. The van der Waals surface area contributed by atoms with Crippen LogP contribution in [0.4, 0.5) is 0 Å². The van der Waals surface area contributed by atoms with E-state index in [1.54, 1.807) is 0 Å². The number of unbranched alkanes of at least 4 members (excludes halogenated alkanes) is 4. The lowest BCUT2D eigenvalue weighted by atomic mass is 10.1. The van der Waals surface area contributed by atoms with Crippen molar-refractivity contribution >= 4 is 5.84 Å². The first-order valence-corrected chi connectivity index (χ1v) is 5.21. The van der Waals surface area contributed by atoms with Gasteiger partial charge in [0, 0.05) is 13.0 Å². The standard InChI is InChI=1S/C10H20N2O/c1-3-5-6-7-8-9-10(12-13)11-4-2/h3-9H2,1-2H3. The smallest absolute Gasteiger partial charge is 0.168 e. The zero-order valence-corrected chi connectivity index (χ0v) is 8.75. The number of hydrogen-bond acceptors (Lipinski definition) is 2. The fourth-order valence-corrected chi connectivity index (χ4v) is 1.22. The van der Waals surface area contributed by atoms with E-state index in [4.69, 9.17) is 0 Å². The molecular formula is C10H20N2O. The van der Waals surface area contributed by atoms with Crippen LogP contribution < -0.4 is 0 Å². The number of nitroso groups, excluding NO2 is 1. The summed E-state index contributed by atoms with van der Waals surface area (Å²) in [6, 6.07) is 0. The van der Waals surface area contributed by atoms with Crippen molar-refractivity contribution in [2.75, 3.05) is 6.54 Å². The third-order valence-electron chi connectivity index (χ3n) is 1.95. The predicted molar refractivity (Wildman–Crippen MR) is 57.1 cm³/mol. The molecule has 3 heteroatoms. The SMILES string of the molecule is CCCCCCCC(N=O)=NCC. The zero-order chi connectivity index (χ0) is 9.94. The van der Waals surface area contributed by atoms with Crippen LogP contribution in [0.1, 0.15) is 52.4 Å². The van der Waals surface area contributed by atoms with E-state index >= 15 is 0 Å². The van der Waals surface area contributed by atoms with Gasteiger partial charge in [0.2, 0.25) is 0 Å². The topological polar surface area (TPSA) is 41.8 Å². The molecule has 0 rings (SSSR count). The minimum Gasteiger partial charge on any atom is -0.268 e. The van der Waals surface area contributed by atoms with Crippen LogP contribution >= 0.6 is 0 Å². The highest BCUT2D eigenvalue weighted by atomic mass is 16.3. The van der Waals surface area contributed by atoms with Gasteiger partial charge < -0.3 is 0 Å². The molecule has 0 fully saturated rings. The van der Waals surface area contributed by atoms with E-state index in [9.17, 15) is 4.91 Å². The minimum absolute atomic E-state index is 0.485. The van der Waals surface area contributed by atoms with Gasteiger partial charge in [-0.1, -0.05) is 32.6 Å². The Hall–Kier alpha value is -0.730. The number of rotatable bonds is 7. The average molecular weight is 184 g/mol. The first-order chi connectivity index (χ1) is 6.35. The minimum atomic E-state index is 0.485. The lowest BCUT2D eigenvalue weighted by molar-refractivity contribution is 0.642. The van der Waals surface area contributed by atoms with Gasteiger partial charge in [0.1, 0.15) is 0 Å². The highest BCUT2D eigenvalue weighted by Crippen LogP contribution is 2.06. The normalized spacial score (nSPS) is 11.7. The molecule has 0 N–H and O–H groups in total. The van der Waals surface area contributed by atoms with Crippen molar-refractivity contribution in [1.82, 2.24) is 0 Å². The Kier molecular flexibility index (Phi) is 8.83. The van der Waals surface area contributed by atoms with Crippen molar-refractivity contribution in [3.05, 3.63) is 4.91 Å². The lowest BCUT2D eigenvalue weighted by Gasteiger charge is -1.98. The Labute approximate surface area is 80.6 Å². The molecule has 0 spiro atoms. The highest BCUT2D eigenvalue weighted by molar-refractivity contribution is 5.82. The number of nitrogens with zero attached hydrogens (tertiary/aromatic N) is 2. The van der Waals surface area contributed by atoms with Gasteiger partial charge in [0.15, 0.2) is 5.84 Å². The van der Waals surface area contributed by atoms with Gasteiger partial charge in [0.25, 0.3) is 0 Å². The van der Waals surface area contributed by atoms with E-state index in [0.29, 0.717) is 12.4 Å². The molecule has 0 atom stereocenters. The first-order valence-electron chi connectivity index (χ1n) is 5.21. The largest absolute Gasteiger partial charge is 0.268 e. The van der Waals surface area contributed by atoms with Crippen molar-refractivity contribution in [2.24, 2.45) is 10.2 Å². The van der Waals surface area contributed by atoms with Crippen molar-refractivity contribution in [2.45, 2.75) is 52.4 Å². The van der Waals surface area contributed by atoms with Crippen LogP contribution in [0, 0.1) is 4.91 Å². The molecule has 0 aromatic carbocycles. The molecule has 0 bridgehead atoms. The van der Waals surface area contributed by atoms with Gasteiger partial charge >= 0.3 is 0 Å². The van der Waals surface area contributed by atoms with Crippen LogP contribution in [-0.2, 0) is 0 Å². The quantitative estimate of drug-likeness (QED) is 0.258. The molecule has 0 aliphatic carbocycles. The van der Waals surface area contributed by atoms with Crippen LogP contribution in [0.2, 0.25) is 0 Å². The number of hydrogen-bond donors (Lipinski definition) is 0. The fourth-order valence-electron chi connectivity index (χ4n) is 1.22. The predicted octanol–water partition coefficient (Wildman–Crippen LogP) is 3.53. The van der Waals surface area contributed by atoms with Gasteiger partial charge in [-0.15, -0.1) is 4.91 Å². The molecule has 13 heavy (non-hydrogen) atoms. The van der Waals surface area contributed by atoms with Crippen LogP contribution in [0.5, 0.6) is 0 Å². The average Bonchev–Trinajstić information content (AvgIpc) is 2.16. The summed E-state index contributed by atoms with van der Waals surface area (Å²) in [6.07, 6.45) is 6.78. The van der Waals surface area contributed by atoms with Crippen LogP contribution in [0.3, 0.4) is 0 Å². The summed E-state index contributed by atoms with van der Waals surface area (Å²) in [5.41, 5.74) is 0. The van der Waals surface area contributed by atoms with Crippen molar-refractivity contribution < 1.29 is 0 Å². The van der Waals surface area contributed by atoms with E-state index in [0.717, 1.165) is 12.8 Å². The highest BCUT2D eigenvalue weighted by Gasteiger charge is 1.97. The second-order valence-electron chi connectivity index (χ2n) is 3.15. The maximum absolute atomic E-state index is 10.2. The van der Waals surface area contributed by atoms with Gasteiger partial charge in [-0.2, -0.15) is 0 Å². The lowest BCUT2D eigenvalue weighted by Crippen LogP contribution is -1.94. The van der Waals surface area contributed by atoms with E-state index in [1.165, 1.54) is 25.7 Å². The van der Waals surface area contributed by atoms with E-state index in [2.05, 4.69) is 17.1 Å². The molecule has 0 aliphatic rings. The summed E-state index contributed by atoms with van der Waals surface area (Å²) in [5, 5.41) is 2.90. The van der Waals surface area contributed by atoms with Crippen molar-refractivity contribution in [1.29, 1.82) is 0 Å². The van der Waals surface area contributed by atoms with Gasteiger partial charge in [-0.05, 0) is 18.5 Å². The molecule has 0 radical (unpaired) electrons. The summed E-state index contributed by atoms with van der Waals surface area (Å²) in [4.78, 5) is 14.2. The molecule has 0 amide bonds. The summed E-state index contributed by atoms with van der Waals surface area (Å²) in [7, 11) is 0. The molecule has 0 unspecified atom stereocenters. The molecule has 0 heterocycles. The van der Waals surface area contributed by atoms with Gasteiger partial charge in [-0.3, -0.25) is 4.99 Å². The monoisotopic (exact) mass is 184 g/mol. The maximum atomic E-state index is 10.2.